The molecule has 0 aliphatic carbocycles. The first-order chi connectivity index (χ1) is 9.32. The van der Waals surface area contributed by atoms with Gasteiger partial charge in [0.1, 0.15) is 0 Å². The topological polar surface area (TPSA) is 92.8 Å². The molecule has 7 nitrogen and oxygen atoms in total. The molecule has 8 heteroatoms. The summed E-state index contributed by atoms with van der Waals surface area (Å²) in [6, 6.07) is -0.286. The molecule has 1 amide bonds. The second-order valence-corrected chi connectivity index (χ2v) is 7.19. The number of hydrogen-bond acceptors (Lipinski definition) is 6. The molecule has 1 saturated heterocycles. The fourth-order valence-corrected chi connectivity index (χ4v) is 3.70. The minimum absolute atomic E-state index is 0.0191. The van der Waals surface area contributed by atoms with Crippen LogP contribution >= 0.6 is 0 Å². The van der Waals surface area contributed by atoms with Crippen LogP contribution in [0.1, 0.15) is 19.8 Å². The van der Waals surface area contributed by atoms with E-state index in [-0.39, 0.29) is 42.4 Å². The van der Waals surface area contributed by atoms with Crippen molar-refractivity contribution in [1.82, 2.24) is 10.2 Å². The second kappa shape index (κ2) is 7.58. The Hall–Kier alpha value is -1.15. The summed E-state index contributed by atoms with van der Waals surface area (Å²) in [7, 11) is -1.26. The molecule has 0 aromatic carbocycles. The maximum absolute atomic E-state index is 11.7. The summed E-state index contributed by atoms with van der Waals surface area (Å²) in [6.07, 6.45) is 0.704. The number of ether oxygens (including phenoxy) is 1. The van der Waals surface area contributed by atoms with Crippen LogP contribution in [0.2, 0.25) is 0 Å². The van der Waals surface area contributed by atoms with Gasteiger partial charge >= 0.3 is 5.97 Å². The van der Waals surface area contributed by atoms with E-state index in [4.69, 9.17) is 4.74 Å². The van der Waals surface area contributed by atoms with Crippen molar-refractivity contribution in [2.75, 3.05) is 38.2 Å². The van der Waals surface area contributed by atoms with Gasteiger partial charge in [0.05, 0.1) is 31.1 Å². The number of carbonyl (C=O) groups excluding carboxylic acids is 2. The normalized spacial score (nSPS) is 20.9. The summed E-state index contributed by atoms with van der Waals surface area (Å²) in [4.78, 5) is 24.6. The maximum atomic E-state index is 11.7. The van der Waals surface area contributed by atoms with Crippen LogP contribution in [0, 0.1) is 0 Å². The molecule has 1 fully saturated rings. The number of amides is 1. The van der Waals surface area contributed by atoms with E-state index in [1.807, 2.05) is 0 Å². The molecule has 0 radical (unpaired) electrons. The van der Waals surface area contributed by atoms with E-state index in [0.717, 1.165) is 0 Å². The molecule has 0 saturated carbocycles. The van der Waals surface area contributed by atoms with Crippen molar-refractivity contribution in [3.63, 3.8) is 0 Å². The lowest BCUT2D eigenvalue weighted by molar-refractivity contribution is -0.143. The zero-order valence-corrected chi connectivity index (χ0v) is 12.7. The SMILES string of the molecule is CCOC(=O)CCN(C)CC(=O)NC1CCS(=O)(=O)C1. The highest BCUT2D eigenvalue weighted by Crippen LogP contribution is 2.10. The van der Waals surface area contributed by atoms with Gasteiger partial charge in [-0.25, -0.2) is 8.42 Å². The van der Waals surface area contributed by atoms with E-state index >= 15 is 0 Å². The lowest BCUT2D eigenvalue weighted by Gasteiger charge is -2.17. The van der Waals surface area contributed by atoms with Crippen LogP contribution in [0.3, 0.4) is 0 Å². The number of hydrogen-bond donors (Lipinski definition) is 1. The fraction of sp³-hybridized carbons (Fsp3) is 0.833. The monoisotopic (exact) mass is 306 g/mol. The van der Waals surface area contributed by atoms with Gasteiger partial charge in [-0.15, -0.1) is 0 Å². The Balaban J connectivity index is 2.23. The molecule has 116 valence electrons. The first-order valence-corrected chi connectivity index (χ1v) is 8.48. The van der Waals surface area contributed by atoms with Crippen molar-refractivity contribution in [3.8, 4) is 0 Å². The zero-order valence-electron chi connectivity index (χ0n) is 11.9. The molecule has 1 N–H and O–H groups in total. The Morgan fingerprint density at radius 2 is 2.10 bits per heavy atom. The van der Waals surface area contributed by atoms with Gasteiger partial charge in [0.15, 0.2) is 9.84 Å². The number of esters is 1. The Bertz CT molecular complexity index is 449. The quantitative estimate of drug-likeness (QED) is 0.618. The number of sulfone groups is 1. The second-order valence-electron chi connectivity index (χ2n) is 4.96. The minimum atomic E-state index is -2.99. The van der Waals surface area contributed by atoms with Gasteiger partial charge in [0.2, 0.25) is 5.91 Å². The number of nitrogens with one attached hydrogen (secondary N) is 1. The van der Waals surface area contributed by atoms with Crippen LogP contribution < -0.4 is 5.32 Å². The van der Waals surface area contributed by atoms with Crippen LogP contribution in [0.25, 0.3) is 0 Å². The van der Waals surface area contributed by atoms with Crippen LogP contribution in [-0.4, -0.2) is 69.5 Å². The molecule has 1 atom stereocenters. The summed E-state index contributed by atoms with van der Waals surface area (Å²) in [5.74, 6) is -0.359. The number of carbonyl (C=O) groups is 2. The summed E-state index contributed by atoms with van der Waals surface area (Å²) in [5.41, 5.74) is 0. The van der Waals surface area contributed by atoms with Gasteiger partial charge in [0.25, 0.3) is 0 Å². The van der Waals surface area contributed by atoms with Gasteiger partial charge in [-0.05, 0) is 20.4 Å². The van der Waals surface area contributed by atoms with Crippen LogP contribution in [0.4, 0.5) is 0 Å². The highest BCUT2D eigenvalue weighted by atomic mass is 32.2. The smallest absolute Gasteiger partial charge is 0.307 e. The summed E-state index contributed by atoms with van der Waals surface area (Å²) in [5, 5.41) is 2.70. The van der Waals surface area contributed by atoms with Gasteiger partial charge in [0, 0.05) is 12.6 Å². The predicted molar refractivity (Wildman–Crippen MR) is 73.9 cm³/mol. The van der Waals surface area contributed by atoms with Crippen molar-refractivity contribution >= 4 is 21.7 Å². The van der Waals surface area contributed by atoms with Crippen molar-refractivity contribution in [1.29, 1.82) is 0 Å². The first-order valence-electron chi connectivity index (χ1n) is 6.66. The number of likely N-dealkylation sites (N-methyl/N-ethyl adjacent to an activating group) is 1. The molecule has 0 aromatic rings. The van der Waals surface area contributed by atoms with Crippen molar-refractivity contribution in [3.05, 3.63) is 0 Å². The molecule has 1 aliphatic rings. The molecule has 20 heavy (non-hydrogen) atoms. The van der Waals surface area contributed by atoms with Gasteiger partial charge in [-0.2, -0.15) is 0 Å². The van der Waals surface area contributed by atoms with Crippen LogP contribution in [-0.2, 0) is 24.2 Å². The van der Waals surface area contributed by atoms with E-state index in [1.54, 1.807) is 18.9 Å². The van der Waals surface area contributed by atoms with E-state index in [2.05, 4.69) is 5.32 Å². The molecular formula is C12H22N2O5S. The predicted octanol–water partition coefficient (Wildman–Crippen LogP) is -0.825. The Morgan fingerprint density at radius 3 is 2.65 bits per heavy atom. The highest BCUT2D eigenvalue weighted by molar-refractivity contribution is 7.91. The van der Waals surface area contributed by atoms with E-state index in [1.165, 1.54) is 0 Å². The lowest BCUT2D eigenvalue weighted by Crippen LogP contribution is -2.42. The third-order valence-corrected chi connectivity index (χ3v) is 4.78. The molecule has 1 heterocycles. The van der Waals surface area contributed by atoms with Crippen LogP contribution in [0.5, 0.6) is 0 Å². The van der Waals surface area contributed by atoms with E-state index in [0.29, 0.717) is 19.6 Å². The maximum Gasteiger partial charge on any atom is 0.307 e. The molecule has 1 rings (SSSR count). The minimum Gasteiger partial charge on any atom is -0.466 e. The summed E-state index contributed by atoms with van der Waals surface area (Å²) in [6.45, 7) is 2.65. The summed E-state index contributed by atoms with van der Waals surface area (Å²) >= 11 is 0. The first kappa shape index (κ1) is 16.9. The third kappa shape index (κ3) is 6.33. The molecule has 1 aliphatic heterocycles. The van der Waals surface area contributed by atoms with E-state index < -0.39 is 9.84 Å². The number of rotatable bonds is 7. The Kier molecular flexibility index (Phi) is 6.41. The van der Waals surface area contributed by atoms with Gasteiger partial charge < -0.3 is 10.1 Å². The Labute approximate surface area is 119 Å². The summed E-state index contributed by atoms with van der Waals surface area (Å²) < 4.78 is 27.3. The molecular weight excluding hydrogens is 284 g/mol. The highest BCUT2D eigenvalue weighted by Gasteiger charge is 2.28. The van der Waals surface area contributed by atoms with Gasteiger partial charge in [-0.1, -0.05) is 0 Å². The van der Waals surface area contributed by atoms with E-state index in [9.17, 15) is 18.0 Å². The fourth-order valence-electron chi connectivity index (χ4n) is 2.02. The van der Waals surface area contributed by atoms with Crippen molar-refractivity contribution in [2.45, 2.75) is 25.8 Å². The lowest BCUT2D eigenvalue weighted by atomic mass is 10.2. The average molecular weight is 306 g/mol. The average Bonchev–Trinajstić information content (AvgIpc) is 2.66. The van der Waals surface area contributed by atoms with Gasteiger partial charge in [-0.3, -0.25) is 14.5 Å². The number of nitrogens with zero attached hydrogens (tertiary/aromatic N) is 1. The Morgan fingerprint density at radius 1 is 1.40 bits per heavy atom. The molecule has 1 unspecified atom stereocenters. The standard InChI is InChI=1S/C12H22N2O5S/c1-3-19-12(16)4-6-14(2)8-11(15)13-10-5-7-20(17,18)9-10/h10H,3-9H2,1-2H3,(H,13,15). The largest absolute Gasteiger partial charge is 0.466 e. The van der Waals surface area contributed by atoms with Crippen molar-refractivity contribution < 1.29 is 22.7 Å². The third-order valence-electron chi connectivity index (χ3n) is 3.01. The zero-order chi connectivity index (χ0) is 15.2. The van der Waals surface area contributed by atoms with Crippen molar-refractivity contribution in [2.24, 2.45) is 0 Å². The van der Waals surface area contributed by atoms with Crippen LogP contribution in [0.15, 0.2) is 0 Å². The molecule has 0 spiro atoms. The molecule has 0 bridgehead atoms. The molecule has 0 aromatic heterocycles.